The third-order valence-corrected chi connectivity index (χ3v) is 5.73. The molecule has 0 bridgehead atoms. The standard InChI is InChI=1S/C26H30N2O2/c1-20-7-4-8-21(17-20)19-30-25-13-12-22-9-2-3-10-23(22)24(25)18-27-14-6-16-28-15-5-11-26(28)29/h2-4,7-10,12-13,17,27H,5-6,11,14-16,18-19H2,1H3. The Kier molecular flexibility index (Phi) is 6.65. The van der Waals surface area contributed by atoms with Gasteiger partial charge in [0.2, 0.25) is 5.91 Å². The summed E-state index contributed by atoms with van der Waals surface area (Å²) >= 11 is 0. The normalized spacial score (nSPS) is 13.9. The average Bonchev–Trinajstić information content (AvgIpc) is 3.17. The second-order valence-corrected chi connectivity index (χ2v) is 8.06. The number of hydrogen-bond donors (Lipinski definition) is 1. The molecule has 1 aliphatic rings. The molecule has 0 radical (unpaired) electrons. The van der Waals surface area contributed by atoms with Crippen LogP contribution in [0.2, 0.25) is 0 Å². The van der Waals surface area contributed by atoms with Crippen LogP contribution in [0.1, 0.15) is 36.0 Å². The van der Waals surface area contributed by atoms with Crippen molar-refractivity contribution in [3.05, 3.63) is 77.4 Å². The van der Waals surface area contributed by atoms with Crippen LogP contribution in [0.4, 0.5) is 0 Å². The minimum Gasteiger partial charge on any atom is -0.489 e. The zero-order valence-electron chi connectivity index (χ0n) is 17.7. The Hall–Kier alpha value is -2.85. The number of nitrogens with one attached hydrogen (secondary N) is 1. The highest BCUT2D eigenvalue weighted by atomic mass is 16.5. The molecule has 156 valence electrons. The van der Waals surface area contributed by atoms with Gasteiger partial charge in [-0.05, 0) is 48.7 Å². The summed E-state index contributed by atoms with van der Waals surface area (Å²) in [6.45, 7) is 6.05. The van der Waals surface area contributed by atoms with Gasteiger partial charge in [0, 0.05) is 31.6 Å². The quantitative estimate of drug-likeness (QED) is 0.521. The first kappa shape index (κ1) is 20.4. The Balaban J connectivity index is 1.41. The highest BCUT2D eigenvalue weighted by molar-refractivity contribution is 5.87. The molecule has 3 aromatic rings. The summed E-state index contributed by atoms with van der Waals surface area (Å²) in [4.78, 5) is 13.7. The van der Waals surface area contributed by atoms with Crippen LogP contribution >= 0.6 is 0 Å². The molecule has 1 amide bonds. The van der Waals surface area contributed by atoms with Crippen LogP contribution in [0.25, 0.3) is 10.8 Å². The van der Waals surface area contributed by atoms with E-state index in [1.165, 1.54) is 27.5 Å². The molecule has 4 nitrogen and oxygen atoms in total. The number of hydrogen-bond acceptors (Lipinski definition) is 3. The molecule has 3 aromatic carbocycles. The zero-order chi connectivity index (χ0) is 20.8. The molecular weight excluding hydrogens is 372 g/mol. The lowest BCUT2D eigenvalue weighted by Crippen LogP contribution is -2.28. The van der Waals surface area contributed by atoms with Crippen LogP contribution in [0.15, 0.2) is 60.7 Å². The number of rotatable bonds is 9. The van der Waals surface area contributed by atoms with E-state index in [1.54, 1.807) is 0 Å². The van der Waals surface area contributed by atoms with Gasteiger partial charge in [-0.15, -0.1) is 0 Å². The molecule has 0 atom stereocenters. The largest absolute Gasteiger partial charge is 0.489 e. The zero-order valence-corrected chi connectivity index (χ0v) is 17.7. The van der Waals surface area contributed by atoms with Crippen molar-refractivity contribution in [1.82, 2.24) is 10.2 Å². The van der Waals surface area contributed by atoms with E-state index in [2.05, 4.69) is 72.9 Å². The Morgan fingerprint density at radius 3 is 2.80 bits per heavy atom. The smallest absolute Gasteiger partial charge is 0.222 e. The first-order chi connectivity index (χ1) is 14.7. The topological polar surface area (TPSA) is 41.6 Å². The maximum Gasteiger partial charge on any atom is 0.222 e. The predicted octanol–water partition coefficient (Wildman–Crippen LogP) is 4.83. The summed E-state index contributed by atoms with van der Waals surface area (Å²) < 4.78 is 6.25. The second-order valence-electron chi connectivity index (χ2n) is 8.06. The van der Waals surface area contributed by atoms with E-state index in [0.717, 1.165) is 44.8 Å². The first-order valence-corrected chi connectivity index (χ1v) is 10.9. The molecule has 30 heavy (non-hydrogen) atoms. The molecule has 1 heterocycles. The lowest BCUT2D eigenvalue weighted by molar-refractivity contribution is -0.127. The van der Waals surface area contributed by atoms with Crippen molar-refractivity contribution in [3.8, 4) is 5.75 Å². The molecule has 4 heteroatoms. The number of carbonyl (C=O) groups excluding carboxylic acids is 1. The SMILES string of the molecule is Cc1cccc(COc2ccc3ccccc3c2CNCCCN2CCCC2=O)c1. The van der Waals surface area contributed by atoms with Gasteiger partial charge >= 0.3 is 0 Å². The van der Waals surface area contributed by atoms with Gasteiger partial charge < -0.3 is 15.0 Å². The fraction of sp³-hybridized carbons (Fsp3) is 0.346. The number of likely N-dealkylation sites (tertiary alicyclic amines) is 1. The highest BCUT2D eigenvalue weighted by Crippen LogP contribution is 2.29. The molecule has 1 N–H and O–H groups in total. The van der Waals surface area contributed by atoms with E-state index in [4.69, 9.17) is 4.74 Å². The summed E-state index contributed by atoms with van der Waals surface area (Å²) in [6.07, 6.45) is 2.69. The van der Waals surface area contributed by atoms with E-state index in [9.17, 15) is 4.79 Å². The fourth-order valence-electron chi connectivity index (χ4n) is 4.15. The lowest BCUT2D eigenvalue weighted by Gasteiger charge is -2.17. The van der Waals surface area contributed by atoms with Crippen LogP contribution in [-0.4, -0.2) is 30.4 Å². The summed E-state index contributed by atoms with van der Waals surface area (Å²) in [6, 6.07) is 21.1. The van der Waals surface area contributed by atoms with Gasteiger partial charge in [0.1, 0.15) is 12.4 Å². The van der Waals surface area contributed by atoms with Gasteiger partial charge in [-0.25, -0.2) is 0 Å². The number of aryl methyl sites for hydroxylation is 1. The van der Waals surface area contributed by atoms with Crippen molar-refractivity contribution >= 4 is 16.7 Å². The van der Waals surface area contributed by atoms with Crippen molar-refractivity contribution in [1.29, 1.82) is 0 Å². The molecule has 4 rings (SSSR count). The van der Waals surface area contributed by atoms with Gasteiger partial charge in [0.05, 0.1) is 0 Å². The lowest BCUT2D eigenvalue weighted by atomic mass is 10.0. The maximum atomic E-state index is 11.7. The Labute approximate surface area is 178 Å². The third-order valence-electron chi connectivity index (χ3n) is 5.73. The molecule has 0 spiro atoms. The number of benzene rings is 3. The molecule has 0 aliphatic carbocycles. The van der Waals surface area contributed by atoms with Gasteiger partial charge in [-0.2, -0.15) is 0 Å². The van der Waals surface area contributed by atoms with E-state index < -0.39 is 0 Å². The summed E-state index contributed by atoms with van der Waals surface area (Å²) in [7, 11) is 0. The molecular formula is C26H30N2O2. The number of nitrogens with zero attached hydrogens (tertiary/aromatic N) is 1. The van der Waals surface area contributed by atoms with Crippen molar-refractivity contribution in [2.75, 3.05) is 19.6 Å². The van der Waals surface area contributed by atoms with Crippen LogP contribution in [0, 0.1) is 6.92 Å². The van der Waals surface area contributed by atoms with Crippen LogP contribution in [0.5, 0.6) is 5.75 Å². The number of ether oxygens (including phenoxy) is 1. The second kappa shape index (κ2) is 9.77. The maximum absolute atomic E-state index is 11.7. The van der Waals surface area contributed by atoms with Gasteiger partial charge in [-0.1, -0.05) is 60.2 Å². The van der Waals surface area contributed by atoms with Crippen LogP contribution in [0.3, 0.4) is 0 Å². The molecule has 1 fully saturated rings. The number of carbonyl (C=O) groups is 1. The van der Waals surface area contributed by atoms with E-state index in [-0.39, 0.29) is 0 Å². The van der Waals surface area contributed by atoms with E-state index >= 15 is 0 Å². The van der Waals surface area contributed by atoms with Crippen LogP contribution in [-0.2, 0) is 17.9 Å². The summed E-state index contributed by atoms with van der Waals surface area (Å²) in [5, 5.41) is 6.01. The molecule has 0 unspecified atom stereocenters. The highest BCUT2D eigenvalue weighted by Gasteiger charge is 2.19. The predicted molar refractivity (Wildman–Crippen MR) is 122 cm³/mol. The number of amides is 1. The average molecular weight is 403 g/mol. The van der Waals surface area contributed by atoms with Gasteiger partial charge in [0.15, 0.2) is 0 Å². The Bertz CT molecular complexity index is 1010. The van der Waals surface area contributed by atoms with Crippen molar-refractivity contribution in [3.63, 3.8) is 0 Å². The molecule has 1 aliphatic heterocycles. The first-order valence-electron chi connectivity index (χ1n) is 10.9. The minimum absolute atomic E-state index is 0.302. The van der Waals surface area contributed by atoms with Gasteiger partial charge in [-0.3, -0.25) is 4.79 Å². The van der Waals surface area contributed by atoms with Crippen molar-refractivity contribution in [2.45, 2.75) is 39.3 Å². The summed E-state index contributed by atoms with van der Waals surface area (Å²) in [5.74, 6) is 1.23. The fourth-order valence-corrected chi connectivity index (χ4v) is 4.15. The third kappa shape index (κ3) is 5.00. The van der Waals surface area contributed by atoms with Crippen molar-refractivity contribution in [2.24, 2.45) is 0 Å². The van der Waals surface area contributed by atoms with Crippen LogP contribution < -0.4 is 10.1 Å². The van der Waals surface area contributed by atoms with Gasteiger partial charge in [0.25, 0.3) is 0 Å². The van der Waals surface area contributed by atoms with Crippen molar-refractivity contribution < 1.29 is 9.53 Å². The summed E-state index contributed by atoms with van der Waals surface area (Å²) in [5.41, 5.74) is 3.61. The molecule has 0 saturated carbocycles. The molecule has 1 saturated heterocycles. The van der Waals surface area contributed by atoms with E-state index in [0.29, 0.717) is 18.9 Å². The monoisotopic (exact) mass is 402 g/mol. The minimum atomic E-state index is 0.302. The number of fused-ring (bicyclic) bond motifs is 1. The van der Waals surface area contributed by atoms with E-state index in [1.807, 2.05) is 4.90 Å². The molecule has 0 aromatic heterocycles. The Morgan fingerprint density at radius 1 is 1.07 bits per heavy atom. The Morgan fingerprint density at radius 2 is 1.97 bits per heavy atom.